The number of hydrogen-bond acceptors (Lipinski definition) is 4. The molecule has 1 fully saturated rings. The molecule has 0 radical (unpaired) electrons. The number of urea groups is 1. The van der Waals surface area contributed by atoms with Crippen molar-refractivity contribution in [1.82, 2.24) is 15.4 Å². The third kappa shape index (κ3) is 3.05. The molecule has 2 rings (SSSR count). The Hall–Kier alpha value is -2.03. The monoisotopic (exact) mass is 262 g/mol. The Morgan fingerprint density at radius 1 is 1.53 bits per heavy atom. The van der Waals surface area contributed by atoms with Gasteiger partial charge in [0.2, 0.25) is 0 Å². The van der Waals surface area contributed by atoms with Gasteiger partial charge in [0.25, 0.3) is 0 Å². The summed E-state index contributed by atoms with van der Waals surface area (Å²) in [5.74, 6) is 0.826. The Labute approximate surface area is 112 Å². The van der Waals surface area contributed by atoms with Gasteiger partial charge >= 0.3 is 6.03 Å². The largest absolute Gasteiger partial charge is 0.361 e. The highest BCUT2D eigenvalue weighted by molar-refractivity contribution is 5.74. The highest BCUT2D eigenvalue weighted by Gasteiger charge is 2.22. The standard InChI is InChI=1S/C13H18N4O2/c1-9-12(10(2)19-16-9)8-15-13(18)17-5-3-11(7-14)4-6-17/h11H,3-6,8H2,1-2H3,(H,15,18). The lowest BCUT2D eigenvalue weighted by Gasteiger charge is -2.29. The molecule has 102 valence electrons. The second-order valence-electron chi connectivity index (χ2n) is 4.85. The van der Waals surface area contributed by atoms with E-state index in [1.807, 2.05) is 13.8 Å². The van der Waals surface area contributed by atoms with E-state index in [-0.39, 0.29) is 11.9 Å². The Bertz CT molecular complexity index is 476. The summed E-state index contributed by atoms with van der Waals surface area (Å²) < 4.78 is 5.05. The first-order chi connectivity index (χ1) is 9.11. The third-order valence-electron chi connectivity index (χ3n) is 3.56. The number of nitrogens with zero attached hydrogens (tertiary/aromatic N) is 3. The molecule has 0 aliphatic carbocycles. The summed E-state index contributed by atoms with van der Waals surface area (Å²) >= 11 is 0. The van der Waals surface area contributed by atoms with E-state index in [1.54, 1.807) is 4.90 Å². The molecule has 1 aromatic rings. The van der Waals surface area contributed by atoms with Crippen LogP contribution in [-0.4, -0.2) is 29.2 Å². The summed E-state index contributed by atoms with van der Waals surface area (Å²) in [6, 6.07) is 2.17. The highest BCUT2D eigenvalue weighted by Crippen LogP contribution is 2.16. The number of carbonyl (C=O) groups is 1. The zero-order chi connectivity index (χ0) is 13.8. The van der Waals surface area contributed by atoms with E-state index in [9.17, 15) is 4.79 Å². The number of rotatable bonds is 2. The fraction of sp³-hybridized carbons (Fsp3) is 0.615. The van der Waals surface area contributed by atoms with Crippen LogP contribution in [0.25, 0.3) is 0 Å². The van der Waals surface area contributed by atoms with Gasteiger partial charge in [-0.1, -0.05) is 5.16 Å². The molecule has 1 aliphatic rings. The van der Waals surface area contributed by atoms with Crippen LogP contribution in [0.1, 0.15) is 29.9 Å². The predicted octanol–water partition coefficient (Wildman–Crippen LogP) is 1.74. The van der Waals surface area contributed by atoms with E-state index in [0.29, 0.717) is 19.6 Å². The van der Waals surface area contributed by atoms with Gasteiger partial charge in [-0.3, -0.25) is 0 Å². The zero-order valence-electron chi connectivity index (χ0n) is 11.3. The average Bonchev–Trinajstić information content (AvgIpc) is 2.75. The van der Waals surface area contributed by atoms with Crippen molar-refractivity contribution in [3.63, 3.8) is 0 Å². The summed E-state index contributed by atoms with van der Waals surface area (Å²) in [5, 5.41) is 15.5. The quantitative estimate of drug-likeness (QED) is 0.880. The van der Waals surface area contributed by atoms with Crippen LogP contribution in [0.3, 0.4) is 0 Å². The number of carbonyl (C=O) groups excluding carboxylic acids is 1. The maximum Gasteiger partial charge on any atom is 0.317 e. The summed E-state index contributed by atoms with van der Waals surface area (Å²) in [6.45, 7) is 5.41. The first-order valence-corrected chi connectivity index (χ1v) is 6.46. The van der Waals surface area contributed by atoms with Gasteiger partial charge in [0.15, 0.2) is 0 Å². The second kappa shape index (κ2) is 5.74. The fourth-order valence-corrected chi connectivity index (χ4v) is 2.24. The Kier molecular flexibility index (Phi) is 4.05. The molecule has 0 atom stereocenters. The van der Waals surface area contributed by atoms with Crippen LogP contribution in [-0.2, 0) is 6.54 Å². The molecule has 2 amide bonds. The molecule has 19 heavy (non-hydrogen) atoms. The van der Waals surface area contributed by atoms with E-state index >= 15 is 0 Å². The molecule has 1 N–H and O–H groups in total. The van der Waals surface area contributed by atoms with Crippen molar-refractivity contribution in [3.8, 4) is 6.07 Å². The van der Waals surface area contributed by atoms with Crippen LogP contribution in [0.15, 0.2) is 4.52 Å². The number of aryl methyl sites for hydroxylation is 2. The van der Waals surface area contributed by atoms with Gasteiger partial charge in [0.05, 0.1) is 11.8 Å². The molecule has 1 aliphatic heterocycles. The van der Waals surface area contributed by atoms with Crippen LogP contribution >= 0.6 is 0 Å². The van der Waals surface area contributed by atoms with E-state index in [4.69, 9.17) is 9.78 Å². The minimum absolute atomic E-state index is 0.0867. The van der Waals surface area contributed by atoms with Crippen LogP contribution < -0.4 is 5.32 Å². The van der Waals surface area contributed by atoms with Crippen LogP contribution in [0, 0.1) is 31.1 Å². The van der Waals surface area contributed by atoms with Crippen LogP contribution in [0.4, 0.5) is 4.79 Å². The van der Waals surface area contributed by atoms with Crippen molar-refractivity contribution >= 4 is 6.03 Å². The molecule has 0 aromatic carbocycles. The predicted molar refractivity (Wildman–Crippen MR) is 68.1 cm³/mol. The van der Waals surface area contributed by atoms with Crippen molar-refractivity contribution in [2.75, 3.05) is 13.1 Å². The van der Waals surface area contributed by atoms with Gasteiger partial charge in [-0.05, 0) is 26.7 Å². The number of amides is 2. The van der Waals surface area contributed by atoms with E-state index in [2.05, 4.69) is 16.5 Å². The van der Waals surface area contributed by atoms with Crippen molar-refractivity contribution in [1.29, 1.82) is 5.26 Å². The van der Waals surface area contributed by atoms with Gasteiger partial charge in [0.1, 0.15) is 5.76 Å². The molecule has 1 aromatic heterocycles. The maximum atomic E-state index is 12.0. The number of likely N-dealkylation sites (tertiary alicyclic amines) is 1. The molecular formula is C13H18N4O2. The summed E-state index contributed by atoms with van der Waals surface area (Å²) in [7, 11) is 0. The Balaban J connectivity index is 1.84. The third-order valence-corrected chi connectivity index (χ3v) is 3.56. The number of hydrogen-bond donors (Lipinski definition) is 1. The summed E-state index contributed by atoms with van der Waals surface area (Å²) in [6.07, 6.45) is 1.52. The SMILES string of the molecule is Cc1noc(C)c1CNC(=O)N1CCC(C#N)CC1. The van der Waals surface area contributed by atoms with E-state index < -0.39 is 0 Å². The molecule has 0 bridgehead atoms. The van der Waals surface area contributed by atoms with Gasteiger partial charge in [0, 0.05) is 31.1 Å². The molecule has 6 nitrogen and oxygen atoms in total. The topological polar surface area (TPSA) is 82.2 Å². The zero-order valence-corrected chi connectivity index (χ0v) is 11.3. The van der Waals surface area contributed by atoms with Crippen molar-refractivity contribution in [2.45, 2.75) is 33.2 Å². The first kappa shape index (κ1) is 13.4. The molecule has 6 heteroatoms. The Morgan fingerprint density at radius 3 is 2.74 bits per heavy atom. The van der Waals surface area contributed by atoms with Crippen LogP contribution in [0.2, 0.25) is 0 Å². The lowest BCUT2D eigenvalue weighted by Crippen LogP contribution is -2.44. The molecular weight excluding hydrogens is 244 g/mol. The minimum atomic E-state index is -0.0867. The summed E-state index contributed by atoms with van der Waals surface area (Å²) in [5.41, 5.74) is 1.74. The van der Waals surface area contributed by atoms with Crippen molar-refractivity contribution in [3.05, 3.63) is 17.0 Å². The Morgan fingerprint density at radius 2 is 2.21 bits per heavy atom. The minimum Gasteiger partial charge on any atom is -0.361 e. The maximum absolute atomic E-state index is 12.0. The number of aromatic nitrogens is 1. The number of piperidine rings is 1. The molecule has 1 saturated heterocycles. The molecule has 0 saturated carbocycles. The van der Waals surface area contributed by atoms with Crippen LogP contribution in [0.5, 0.6) is 0 Å². The van der Waals surface area contributed by atoms with E-state index in [1.165, 1.54) is 0 Å². The lowest BCUT2D eigenvalue weighted by atomic mass is 9.99. The average molecular weight is 262 g/mol. The van der Waals surface area contributed by atoms with Crippen molar-refractivity contribution < 1.29 is 9.32 Å². The number of nitriles is 1. The highest BCUT2D eigenvalue weighted by atomic mass is 16.5. The summed E-state index contributed by atoms with van der Waals surface area (Å²) in [4.78, 5) is 13.7. The van der Waals surface area contributed by atoms with Gasteiger partial charge in [-0.2, -0.15) is 5.26 Å². The normalized spacial score (nSPS) is 16.2. The first-order valence-electron chi connectivity index (χ1n) is 6.46. The second-order valence-corrected chi connectivity index (χ2v) is 4.85. The van der Waals surface area contributed by atoms with Gasteiger partial charge in [-0.25, -0.2) is 4.79 Å². The van der Waals surface area contributed by atoms with Gasteiger partial charge in [-0.15, -0.1) is 0 Å². The number of nitrogens with one attached hydrogen (secondary N) is 1. The molecule has 0 unspecified atom stereocenters. The molecule has 0 spiro atoms. The smallest absolute Gasteiger partial charge is 0.317 e. The van der Waals surface area contributed by atoms with Crippen molar-refractivity contribution in [2.24, 2.45) is 5.92 Å². The van der Waals surface area contributed by atoms with Gasteiger partial charge < -0.3 is 14.7 Å². The fourth-order valence-electron chi connectivity index (χ4n) is 2.24. The van der Waals surface area contributed by atoms with E-state index in [0.717, 1.165) is 29.9 Å². The lowest BCUT2D eigenvalue weighted by molar-refractivity contribution is 0.178. The molecule has 2 heterocycles.